The van der Waals surface area contributed by atoms with Crippen LogP contribution < -0.4 is 15.2 Å². The third kappa shape index (κ3) is 2.28. The van der Waals surface area contributed by atoms with Crippen molar-refractivity contribution in [3.63, 3.8) is 0 Å². The standard InChI is InChI=1S/C13H16BrN3O2/c1-4-7-8(9-6-16-17-13(9)15)5-10(18-2)12(19-3)11(7)14/h5-6H,4H2,1-3H3,(H3,15,16,17). The van der Waals surface area contributed by atoms with Gasteiger partial charge in [-0.05, 0) is 39.5 Å². The topological polar surface area (TPSA) is 73.2 Å². The van der Waals surface area contributed by atoms with Crippen LogP contribution in [0.25, 0.3) is 11.1 Å². The molecule has 0 fully saturated rings. The Labute approximate surface area is 120 Å². The zero-order valence-corrected chi connectivity index (χ0v) is 12.7. The van der Waals surface area contributed by atoms with Crippen LogP contribution in [0.15, 0.2) is 16.7 Å². The molecule has 0 amide bonds. The average Bonchev–Trinajstić information content (AvgIpc) is 2.83. The number of benzene rings is 1. The molecular weight excluding hydrogens is 310 g/mol. The summed E-state index contributed by atoms with van der Waals surface area (Å²) in [6.07, 6.45) is 2.54. The second kappa shape index (κ2) is 5.52. The van der Waals surface area contributed by atoms with Crippen LogP contribution in [-0.2, 0) is 6.42 Å². The Morgan fingerprint density at radius 3 is 2.53 bits per heavy atom. The molecule has 102 valence electrons. The van der Waals surface area contributed by atoms with Gasteiger partial charge >= 0.3 is 0 Å². The lowest BCUT2D eigenvalue weighted by Crippen LogP contribution is -1.98. The Morgan fingerprint density at radius 2 is 2.05 bits per heavy atom. The van der Waals surface area contributed by atoms with Gasteiger partial charge in [-0.25, -0.2) is 0 Å². The van der Waals surface area contributed by atoms with Crippen molar-refractivity contribution in [1.82, 2.24) is 10.2 Å². The van der Waals surface area contributed by atoms with Crippen molar-refractivity contribution in [2.45, 2.75) is 13.3 Å². The predicted octanol–water partition coefficient (Wildman–Crippen LogP) is 3.00. The fourth-order valence-electron chi connectivity index (χ4n) is 2.09. The van der Waals surface area contributed by atoms with Crippen LogP contribution in [0.3, 0.4) is 0 Å². The molecule has 6 heteroatoms. The lowest BCUT2D eigenvalue weighted by molar-refractivity contribution is 0.353. The molecular formula is C13H16BrN3O2. The molecule has 1 heterocycles. The van der Waals surface area contributed by atoms with Crippen molar-refractivity contribution in [3.8, 4) is 22.6 Å². The predicted molar refractivity (Wildman–Crippen MR) is 78.6 cm³/mol. The van der Waals surface area contributed by atoms with Gasteiger partial charge in [0.05, 0.1) is 24.9 Å². The summed E-state index contributed by atoms with van der Waals surface area (Å²) < 4.78 is 11.6. The molecule has 1 aromatic carbocycles. The summed E-state index contributed by atoms with van der Waals surface area (Å²) in [6.45, 7) is 2.08. The number of nitrogens with zero attached hydrogens (tertiary/aromatic N) is 1. The molecule has 0 radical (unpaired) electrons. The highest BCUT2D eigenvalue weighted by molar-refractivity contribution is 9.10. The number of nitrogens with two attached hydrogens (primary N) is 1. The number of aromatic nitrogens is 2. The van der Waals surface area contributed by atoms with E-state index in [2.05, 4.69) is 33.1 Å². The second-order valence-electron chi connectivity index (χ2n) is 4.00. The van der Waals surface area contributed by atoms with Crippen molar-refractivity contribution >= 4 is 21.7 Å². The first-order valence-corrected chi connectivity index (χ1v) is 6.65. The van der Waals surface area contributed by atoms with Crippen LogP contribution in [0.4, 0.5) is 5.82 Å². The van der Waals surface area contributed by atoms with Crippen LogP contribution >= 0.6 is 15.9 Å². The third-order valence-corrected chi connectivity index (χ3v) is 3.86. The van der Waals surface area contributed by atoms with E-state index in [1.807, 2.05) is 6.07 Å². The van der Waals surface area contributed by atoms with E-state index >= 15 is 0 Å². The number of ether oxygens (including phenoxy) is 2. The molecule has 2 rings (SSSR count). The number of nitrogens with one attached hydrogen (secondary N) is 1. The molecule has 0 aliphatic heterocycles. The summed E-state index contributed by atoms with van der Waals surface area (Å²) in [7, 11) is 3.23. The molecule has 0 aliphatic rings. The summed E-state index contributed by atoms with van der Waals surface area (Å²) in [5, 5.41) is 6.71. The van der Waals surface area contributed by atoms with E-state index in [9.17, 15) is 0 Å². The number of anilines is 1. The summed E-state index contributed by atoms with van der Waals surface area (Å²) >= 11 is 3.58. The van der Waals surface area contributed by atoms with Crippen molar-refractivity contribution in [2.75, 3.05) is 20.0 Å². The van der Waals surface area contributed by atoms with Gasteiger partial charge in [-0.3, -0.25) is 5.10 Å². The number of hydrogen-bond acceptors (Lipinski definition) is 4. The van der Waals surface area contributed by atoms with Gasteiger partial charge in [-0.2, -0.15) is 5.10 Å². The number of H-pyrrole nitrogens is 1. The summed E-state index contributed by atoms with van der Waals surface area (Å²) in [5.41, 5.74) is 8.85. The zero-order valence-electron chi connectivity index (χ0n) is 11.1. The van der Waals surface area contributed by atoms with Crippen molar-refractivity contribution in [1.29, 1.82) is 0 Å². The van der Waals surface area contributed by atoms with E-state index in [0.717, 1.165) is 27.6 Å². The average molecular weight is 326 g/mol. The number of hydrogen-bond donors (Lipinski definition) is 2. The van der Waals surface area contributed by atoms with E-state index in [0.29, 0.717) is 17.3 Å². The largest absolute Gasteiger partial charge is 0.493 e. The summed E-state index contributed by atoms with van der Waals surface area (Å²) in [6, 6.07) is 1.92. The van der Waals surface area contributed by atoms with Gasteiger partial charge in [0.25, 0.3) is 0 Å². The minimum Gasteiger partial charge on any atom is -0.493 e. The molecule has 0 saturated heterocycles. The molecule has 3 N–H and O–H groups in total. The fourth-order valence-corrected chi connectivity index (χ4v) is 2.94. The summed E-state index contributed by atoms with van der Waals surface area (Å²) in [5.74, 6) is 1.88. The maximum atomic E-state index is 5.90. The first kappa shape index (κ1) is 13.7. The third-order valence-electron chi connectivity index (χ3n) is 3.03. The second-order valence-corrected chi connectivity index (χ2v) is 4.80. The molecule has 0 saturated carbocycles. The van der Waals surface area contributed by atoms with Crippen LogP contribution in [-0.4, -0.2) is 24.4 Å². The normalized spacial score (nSPS) is 10.5. The highest BCUT2D eigenvalue weighted by Crippen LogP contribution is 2.44. The minimum atomic E-state index is 0.536. The molecule has 0 atom stereocenters. The van der Waals surface area contributed by atoms with Crippen LogP contribution in [0.1, 0.15) is 12.5 Å². The molecule has 19 heavy (non-hydrogen) atoms. The molecule has 0 unspecified atom stereocenters. The monoisotopic (exact) mass is 325 g/mol. The Kier molecular flexibility index (Phi) is 3.99. The van der Waals surface area contributed by atoms with Gasteiger partial charge < -0.3 is 15.2 Å². The Balaban J connectivity index is 2.74. The van der Waals surface area contributed by atoms with E-state index in [4.69, 9.17) is 15.2 Å². The first-order valence-electron chi connectivity index (χ1n) is 5.86. The highest BCUT2D eigenvalue weighted by Gasteiger charge is 2.19. The van der Waals surface area contributed by atoms with Crippen LogP contribution in [0.5, 0.6) is 11.5 Å². The van der Waals surface area contributed by atoms with E-state index in [1.54, 1.807) is 20.4 Å². The smallest absolute Gasteiger partial charge is 0.175 e. The maximum absolute atomic E-state index is 5.90. The Hall–Kier alpha value is -1.69. The Morgan fingerprint density at radius 1 is 1.32 bits per heavy atom. The summed E-state index contributed by atoms with van der Waals surface area (Å²) in [4.78, 5) is 0. The SMILES string of the molecule is CCc1c(-c2cn[nH]c2N)cc(OC)c(OC)c1Br. The molecule has 1 aromatic heterocycles. The number of aromatic amines is 1. The van der Waals surface area contributed by atoms with Gasteiger partial charge in [-0.15, -0.1) is 0 Å². The number of halogens is 1. The van der Waals surface area contributed by atoms with E-state index in [-0.39, 0.29) is 0 Å². The van der Waals surface area contributed by atoms with Crippen molar-refractivity contribution in [2.24, 2.45) is 0 Å². The number of nitrogen functional groups attached to an aromatic ring is 1. The molecule has 2 aromatic rings. The number of methoxy groups -OCH3 is 2. The van der Waals surface area contributed by atoms with Crippen LogP contribution in [0.2, 0.25) is 0 Å². The van der Waals surface area contributed by atoms with Gasteiger partial charge in [0.2, 0.25) is 0 Å². The lowest BCUT2D eigenvalue weighted by Gasteiger charge is -2.16. The van der Waals surface area contributed by atoms with Gasteiger partial charge in [0, 0.05) is 5.56 Å². The van der Waals surface area contributed by atoms with Crippen LogP contribution in [0, 0.1) is 0 Å². The first-order chi connectivity index (χ1) is 9.13. The highest BCUT2D eigenvalue weighted by atomic mass is 79.9. The maximum Gasteiger partial charge on any atom is 0.175 e. The van der Waals surface area contributed by atoms with Gasteiger partial charge in [-0.1, -0.05) is 6.92 Å². The fraction of sp³-hybridized carbons (Fsp3) is 0.308. The lowest BCUT2D eigenvalue weighted by atomic mass is 9.99. The van der Waals surface area contributed by atoms with Gasteiger partial charge in [0.15, 0.2) is 11.5 Å². The quantitative estimate of drug-likeness (QED) is 0.906. The van der Waals surface area contributed by atoms with Crippen molar-refractivity contribution < 1.29 is 9.47 Å². The zero-order chi connectivity index (χ0) is 14.0. The molecule has 0 bridgehead atoms. The minimum absolute atomic E-state index is 0.536. The van der Waals surface area contributed by atoms with Crippen molar-refractivity contribution in [3.05, 3.63) is 22.3 Å². The Bertz CT molecular complexity index is 596. The van der Waals surface area contributed by atoms with E-state index in [1.165, 1.54) is 0 Å². The molecule has 0 aliphatic carbocycles. The van der Waals surface area contributed by atoms with E-state index < -0.39 is 0 Å². The molecule has 5 nitrogen and oxygen atoms in total. The number of rotatable bonds is 4. The molecule has 0 spiro atoms. The van der Waals surface area contributed by atoms with Gasteiger partial charge in [0.1, 0.15) is 5.82 Å².